The third kappa shape index (κ3) is 3.94. The molecule has 0 unspecified atom stereocenters. The SMILES string of the molecule is CCNc1nnc(SCC(=O)N(C)c2ccccc2)s1. The molecule has 1 N–H and O–H groups in total. The van der Waals surface area contributed by atoms with E-state index in [-0.39, 0.29) is 5.91 Å². The molecule has 1 heterocycles. The van der Waals surface area contributed by atoms with Gasteiger partial charge >= 0.3 is 0 Å². The summed E-state index contributed by atoms with van der Waals surface area (Å²) in [5, 5.41) is 11.9. The number of thioether (sulfide) groups is 1. The van der Waals surface area contributed by atoms with Crippen LogP contribution in [0.3, 0.4) is 0 Å². The number of hydrogen-bond donors (Lipinski definition) is 1. The maximum absolute atomic E-state index is 12.1. The Bertz CT molecular complexity index is 559. The fraction of sp³-hybridized carbons (Fsp3) is 0.308. The Balaban J connectivity index is 1.88. The lowest BCUT2D eigenvalue weighted by Crippen LogP contribution is -2.27. The van der Waals surface area contributed by atoms with E-state index < -0.39 is 0 Å². The number of para-hydroxylation sites is 1. The highest BCUT2D eigenvalue weighted by molar-refractivity contribution is 8.01. The van der Waals surface area contributed by atoms with Gasteiger partial charge in [0.25, 0.3) is 0 Å². The molecule has 0 aliphatic carbocycles. The summed E-state index contributed by atoms with van der Waals surface area (Å²) < 4.78 is 0.802. The van der Waals surface area contributed by atoms with E-state index in [0.717, 1.165) is 21.7 Å². The maximum atomic E-state index is 12.1. The van der Waals surface area contributed by atoms with E-state index in [4.69, 9.17) is 0 Å². The minimum atomic E-state index is 0.0430. The van der Waals surface area contributed by atoms with Crippen molar-refractivity contribution < 1.29 is 4.79 Å². The highest BCUT2D eigenvalue weighted by Gasteiger charge is 2.12. The van der Waals surface area contributed by atoms with Gasteiger partial charge in [0, 0.05) is 19.3 Å². The number of carbonyl (C=O) groups excluding carboxylic acids is 1. The van der Waals surface area contributed by atoms with Crippen molar-refractivity contribution in [3.8, 4) is 0 Å². The Morgan fingerprint density at radius 3 is 2.80 bits per heavy atom. The van der Waals surface area contributed by atoms with Gasteiger partial charge in [0.2, 0.25) is 11.0 Å². The molecule has 0 radical (unpaired) electrons. The minimum Gasteiger partial charge on any atom is -0.360 e. The molecule has 0 aliphatic heterocycles. The Hall–Kier alpha value is -1.60. The van der Waals surface area contributed by atoms with Crippen LogP contribution in [0.25, 0.3) is 0 Å². The van der Waals surface area contributed by atoms with Crippen molar-refractivity contribution in [3.63, 3.8) is 0 Å². The van der Waals surface area contributed by atoms with Gasteiger partial charge < -0.3 is 10.2 Å². The van der Waals surface area contributed by atoms with Crippen molar-refractivity contribution in [1.29, 1.82) is 0 Å². The fourth-order valence-corrected chi connectivity index (χ4v) is 3.24. The van der Waals surface area contributed by atoms with Gasteiger partial charge in [0.1, 0.15) is 0 Å². The third-order valence-corrected chi connectivity index (χ3v) is 4.57. The number of carbonyl (C=O) groups is 1. The number of rotatable bonds is 6. The lowest BCUT2D eigenvalue weighted by atomic mass is 10.3. The van der Waals surface area contributed by atoms with Gasteiger partial charge in [-0.15, -0.1) is 10.2 Å². The summed E-state index contributed by atoms with van der Waals surface area (Å²) >= 11 is 2.88. The van der Waals surface area contributed by atoms with Crippen molar-refractivity contribution in [3.05, 3.63) is 30.3 Å². The van der Waals surface area contributed by atoms with Crippen LogP contribution in [0.1, 0.15) is 6.92 Å². The minimum absolute atomic E-state index is 0.0430. The number of anilines is 2. The van der Waals surface area contributed by atoms with Gasteiger partial charge in [-0.1, -0.05) is 41.3 Å². The van der Waals surface area contributed by atoms with E-state index in [0.29, 0.717) is 5.75 Å². The van der Waals surface area contributed by atoms with Gasteiger partial charge in [-0.05, 0) is 19.1 Å². The zero-order chi connectivity index (χ0) is 14.4. The van der Waals surface area contributed by atoms with Crippen LogP contribution in [0.4, 0.5) is 10.8 Å². The molecule has 0 fully saturated rings. The standard InChI is InChI=1S/C13H16N4OS2/c1-3-14-12-15-16-13(20-12)19-9-11(18)17(2)10-7-5-4-6-8-10/h4-8H,3,9H2,1-2H3,(H,14,15). The summed E-state index contributed by atoms with van der Waals surface area (Å²) in [6, 6.07) is 9.59. The van der Waals surface area contributed by atoms with Gasteiger partial charge in [-0.2, -0.15) is 0 Å². The van der Waals surface area contributed by atoms with Crippen LogP contribution in [0.15, 0.2) is 34.7 Å². The molecule has 5 nitrogen and oxygen atoms in total. The van der Waals surface area contributed by atoms with Crippen molar-refractivity contribution in [1.82, 2.24) is 10.2 Å². The fourth-order valence-electron chi connectivity index (χ4n) is 1.51. The average Bonchev–Trinajstić information content (AvgIpc) is 2.93. The van der Waals surface area contributed by atoms with E-state index in [2.05, 4.69) is 15.5 Å². The number of nitrogens with zero attached hydrogens (tertiary/aromatic N) is 3. The molecular weight excluding hydrogens is 292 g/mol. The number of nitrogens with one attached hydrogen (secondary N) is 1. The monoisotopic (exact) mass is 308 g/mol. The Labute approximate surface area is 126 Å². The summed E-state index contributed by atoms with van der Waals surface area (Å²) in [6.07, 6.45) is 0. The molecule has 0 atom stereocenters. The van der Waals surface area contributed by atoms with E-state index in [9.17, 15) is 4.79 Å². The maximum Gasteiger partial charge on any atom is 0.237 e. The van der Waals surface area contributed by atoms with Gasteiger partial charge in [0.15, 0.2) is 4.34 Å². The molecular formula is C13H16N4OS2. The zero-order valence-corrected chi connectivity index (χ0v) is 13.0. The molecule has 20 heavy (non-hydrogen) atoms. The van der Waals surface area contributed by atoms with E-state index in [1.54, 1.807) is 11.9 Å². The van der Waals surface area contributed by atoms with Gasteiger partial charge in [-0.25, -0.2) is 0 Å². The van der Waals surface area contributed by atoms with E-state index >= 15 is 0 Å². The van der Waals surface area contributed by atoms with E-state index in [1.807, 2.05) is 37.3 Å². The molecule has 1 aromatic heterocycles. The Morgan fingerprint density at radius 1 is 1.35 bits per heavy atom. The lowest BCUT2D eigenvalue weighted by molar-refractivity contribution is -0.115. The normalized spacial score (nSPS) is 10.3. The molecule has 106 valence electrons. The molecule has 1 amide bonds. The summed E-state index contributed by atoms with van der Waals surface area (Å²) in [5.74, 6) is 0.396. The highest BCUT2D eigenvalue weighted by Crippen LogP contribution is 2.25. The molecule has 7 heteroatoms. The van der Waals surface area contributed by atoms with Crippen molar-refractivity contribution in [2.24, 2.45) is 0 Å². The second-order valence-electron chi connectivity index (χ2n) is 3.98. The topological polar surface area (TPSA) is 58.1 Å². The van der Waals surface area contributed by atoms with Crippen LogP contribution in [0.5, 0.6) is 0 Å². The molecule has 2 rings (SSSR count). The van der Waals surface area contributed by atoms with Crippen LogP contribution in [0, 0.1) is 0 Å². The van der Waals surface area contributed by atoms with Crippen LogP contribution in [-0.2, 0) is 4.79 Å². The largest absolute Gasteiger partial charge is 0.360 e. The average molecular weight is 308 g/mol. The molecule has 0 aliphatic rings. The van der Waals surface area contributed by atoms with Crippen molar-refractivity contribution in [2.75, 3.05) is 29.6 Å². The number of amides is 1. The molecule has 0 saturated heterocycles. The van der Waals surface area contributed by atoms with Gasteiger partial charge in [0.05, 0.1) is 5.75 Å². The second-order valence-corrected chi connectivity index (χ2v) is 6.18. The summed E-state index contributed by atoms with van der Waals surface area (Å²) in [6.45, 7) is 2.82. The Morgan fingerprint density at radius 2 is 2.10 bits per heavy atom. The quantitative estimate of drug-likeness (QED) is 0.832. The first-order valence-corrected chi connectivity index (χ1v) is 8.02. The second kappa shape index (κ2) is 7.25. The smallest absolute Gasteiger partial charge is 0.237 e. The molecule has 0 spiro atoms. The van der Waals surface area contributed by atoms with Gasteiger partial charge in [-0.3, -0.25) is 4.79 Å². The third-order valence-electron chi connectivity index (χ3n) is 2.57. The molecule has 2 aromatic rings. The molecule has 0 saturated carbocycles. The first-order valence-electron chi connectivity index (χ1n) is 6.22. The number of hydrogen-bond acceptors (Lipinski definition) is 6. The van der Waals surface area contributed by atoms with Crippen molar-refractivity contribution in [2.45, 2.75) is 11.3 Å². The van der Waals surface area contributed by atoms with Crippen LogP contribution >= 0.6 is 23.1 Å². The predicted molar refractivity (Wildman–Crippen MR) is 84.6 cm³/mol. The number of benzene rings is 1. The Kier molecular flexibility index (Phi) is 5.37. The lowest BCUT2D eigenvalue weighted by Gasteiger charge is -2.16. The van der Waals surface area contributed by atoms with Crippen molar-refractivity contribution >= 4 is 39.8 Å². The first-order chi connectivity index (χ1) is 9.70. The van der Waals surface area contributed by atoms with Crippen LogP contribution in [0.2, 0.25) is 0 Å². The predicted octanol–water partition coefficient (Wildman–Crippen LogP) is 2.73. The summed E-state index contributed by atoms with van der Waals surface area (Å²) in [7, 11) is 1.78. The zero-order valence-electron chi connectivity index (χ0n) is 11.4. The molecule has 1 aromatic carbocycles. The summed E-state index contributed by atoms with van der Waals surface area (Å²) in [4.78, 5) is 13.7. The first kappa shape index (κ1) is 14.8. The summed E-state index contributed by atoms with van der Waals surface area (Å²) in [5.41, 5.74) is 0.892. The van der Waals surface area contributed by atoms with E-state index in [1.165, 1.54) is 23.1 Å². The number of aromatic nitrogens is 2. The van der Waals surface area contributed by atoms with Crippen LogP contribution in [-0.4, -0.2) is 35.4 Å². The highest BCUT2D eigenvalue weighted by atomic mass is 32.2. The molecule has 0 bridgehead atoms. The van der Waals surface area contributed by atoms with Crippen LogP contribution < -0.4 is 10.2 Å².